The van der Waals surface area contributed by atoms with E-state index in [1.54, 1.807) is 0 Å². The van der Waals surface area contributed by atoms with Gasteiger partial charge in [-0.25, -0.2) is 0 Å². The summed E-state index contributed by atoms with van der Waals surface area (Å²) in [4.78, 5) is 0. The monoisotopic (exact) mass is 206 g/mol. The van der Waals surface area contributed by atoms with Gasteiger partial charge in [0.05, 0.1) is 12.2 Å². The second kappa shape index (κ2) is 9.40. The summed E-state index contributed by atoms with van der Waals surface area (Å²) in [5, 5.41) is 34.0. The van der Waals surface area contributed by atoms with Gasteiger partial charge >= 0.3 is 0 Å². The number of aliphatic hydroxyl groups excluding tert-OH is 4. The van der Waals surface area contributed by atoms with Crippen LogP contribution in [0.4, 0.5) is 0 Å². The van der Waals surface area contributed by atoms with Crippen molar-refractivity contribution in [1.82, 2.24) is 0 Å². The van der Waals surface area contributed by atoms with Gasteiger partial charge in [-0.05, 0) is 25.7 Å². The Hall–Kier alpha value is -0.160. The molecule has 0 radical (unpaired) electrons. The number of hydrogen-bond donors (Lipinski definition) is 4. The molecule has 0 spiro atoms. The number of hydrogen-bond acceptors (Lipinski definition) is 4. The topological polar surface area (TPSA) is 80.9 Å². The highest BCUT2D eigenvalue weighted by Crippen LogP contribution is 2.17. The van der Waals surface area contributed by atoms with Gasteiger partial charge in [-0.1, -0.05) is 12.8 Å². The first-order valence-corrected chi connectivity index (χ1v) is 5.30. The van der Waals surface area contributed by atoms with Crippen LogP contribution in [0.5, 0.6) is 0 Å². The fourth-order valence-electron chi connectivity index (χ4n) is 1.32. The summed E-state index contributed by atoms with van der Waals surface area (Å²) in [5.74, 6) is 0. The summed E-state index contributed by atoms with van der Waals surface area (Å²) in [6, 6.07) is 0. The van der Waals surface area contributed by atoms with Crippen molar-refractivity contribution in [3.8, 4) is 0 Å². The van der Waals surface area contributed by atoms with Gasteiger partial charge in [-0.3, -0.25) is 0 Å². The van der Waals surface area contributed by atoms with Crippen LogP contribution in [0.15, 0.2) is 0 Å². The molecular formula is C10H22O4. The van der Waals surface area contributed by atoms with Gasteiger partial charge in [-0.2, -0.15) is 0 Å². The fourth-order valence-corrected chi connectivity index (χ4v) is 1.32. The Morgan fingerprint density at radius 1 is 0.786 bits per heavy atom. The van der Waals surface area contributed by atoms with Crippen molar-refractivity contribution in [3.63, 3.8) is 0 Å². The summed E-state index contributed by atoms with van der Waals surface area (Å²) >= 11 is 0. The molecule has 1 fully saturated rings. The molecule has 1 aliphatic rings. The molecule has 86 valence electrons. The molecule has 4 N–H and O–H groups in total. The van der Waals surface area contributed by atoms with E-state index in [2.05, 4.69) is 0 Å². The molecule has 14 heavy (non-hydrogen) atoms. The van der Waals surface area contributed by atoms with Crippen LogP contribution in [-0.2, 0) is 0 Å². The van der Waals surface area contributed by atoms with Crippen molar-refractivity contribution in [2.75, 3.05) is 13.2 Å². The van der Waals surface area contributed by atoms with Gasteiger partial charge in [-0.15, -0.1) is 0 Å². The Morgan fingerprint density at radius 2 is 1.14 bits per heavy atom. The van der Waals surface area contributed by atoms with Gasteiger partial charge in [0.25, 0.3) is 0 Å². The van der Waals surface area contributed by atoms with Crippen molar-refractivity contribution in [1.29, 1.82) is 0 Å². The average Bonchev–Trinajstić information content (AvgIpc) is 2.20. The van der Waals surface area contributed by atoms with E-state index in [0.29, 0.717) is 0 Å². The SMILES string of the molecule is OC1CCCCC1O.OCCCCO. The molecule has 1 aliphatic carbocycles. The normalized spacial score (nSPS) is 26.6. The van der Waals surface area contributed by atoms with Crippen LogP contribution in [0.3, 0.4) is 0 Å². The zero-order valence-corrected chi connectivity index (χ0v) is 8.60. The van der Waals surface area contributed by atoms with E-state index < -0.39 is 12.2 Å². The standard InChI is InChI=1S/C6H12O2.C4H10O2/c7-5-3-1-2-4-6(5)8;5-3-1-2-4-6/h5-8H,1-4H2;5-6H,1-4H2. The minimum Gasteiger partial charge on any atom is -0.396 e. The third kappa shape index (κ3) is 7.26. The van der Waals surface area contributed by atoms with Crippen LogP contribution in [0, 0.1) is 0 Å². The molecule has 2 atom stereocenters. The molecule has 0 aromatic rings. The first-order chi connectivity index (χ1) is 6.72. The Morgan fingerprint density at radius 3 is 1.36 bits per heavy atom. The molecule has 0 bridgehead atoms. The molecule has 1 rings (SSSR count). The fraction of sp³-hybridized carbons (Fsp3) is 1.00. The van der Waals surface area contributed by atoms with Crippen LogP contribution < -0.4 is 0 Å². The highest BCUT2D eigenvalue weighted by atomic mass is 16.3. The lowest BCUT2D eigenvalue weighted by atomic mass is 9.95. The highest BCUT2D eigenvalue weighted by Gasteiger charge is 2.19. The lowest BCUT2D eigenvalue weighted by Gasteiger charge is -2.22. The van der Waals surface area contributed by atoms with E-state index >= 15 is 0 Å². The Labute approximate surface area is 85.2 Å². The van der Waals surface area contributed by atoms with Gasteiger partial charge < -0.3 is 20.4 Å². The van der Waals surface area contributed by atoms with Crippen LogP contribution >= 0.6 is 0 Å². The molecule has 0 saturated heterocycles. The molecule has 1 saturated carbocycles. The zero-order valence-electron chi connectivity index (χ0n) is 8.60. The molecular weight excluding hydrogens is 184 g/mol. The molecule has 2 unspecified atom stereocenters. The molecule has 0 aromatic heterocycles. The minimum absolute atomic E-state index is 0.195. The quantitative estimate of drug-likeness (QED) is 0.491. The average molecular weight is 206 g/mol. The lowest BCUT2D eigenvalue weighted by molar-refractivity contribution is -0.00865. The van der Waals surface area contributed by atoms with Gasteiger partial charge in [0.15, 0.2) is 0 Å². The summed E-state index contributed by atoms with van der Waals surface area (Å²) in [7, 11) is 0. The first-order valence-electron chi connectivity index (χ1n) is 5.30. The molecule has 0 amide bonds. The third-order valence-electron chi connectivity index (χ3n) is 2.26. The molecule has 4 heteroatoms. The third-order valence-corrected chi connectivity index (χ3v) is 2.26. The van der Waals surface area contributed by atoms with Crippen LogP contribution in [0.2, 0.25) is 0 Å². The lowest BCUT2D eigenvalue weighted by Crippen LogP contribution is -2.28. The number of aliphatic hydroxyl groups is 4. The smallest absolute Gasteiger partial charge is 0.0799 e. The second-order valence-electron chi connectivity index (χ2n) is 3.57. The van der Waals surface area contributed by atoms with E-state index in [0.717, 1.165) is 38.5 Å². The maximum atomic E-state index is 8.93. The van der Waals surface area contributed by atoms with Crippen molar-refractivity contribution < 1.29 is 20.4 Å². The zero-order chi connectivity index (χ0) is 10.8. The summed E-state index contributed by atoms with van der Waals surface area (Å²) in [6.45, 7) is 0.390. The molecule has 0 heterocycles. The van der Waals surface area contributed by atoms with Crippen LogP contribution in [0.1, 0.15) is 38.5 Å². The molecule has 0 aliphatic heterocycles. The highest BCUT2D eigenvalue weighted by molar-refractivity contribution is 4.72. The maximum Gasteiger partial charge on any atom is 0.0799 e. The Kier molecular flexibility index (Phi) is 9.29. The Balaban J connectivity index is 0.000000255. The first kappa shape index (κ1) is 13.8. The van der Waals surface area contributed by atoms with E-state index in [4.69, 9.17) is 20.4 Å². The van der Waals surface area contributed by atoms with Crippen LogP contribution in [0.25, 0.3) is 0 Å². The van der Waals surface area contributed by atoms with E-state index in [1.807, 2.05) is 0 Å². The van der Waals surface area contributed by atoms with Crippen molar-refractivity contribution in [2.24, 2.45) is 0 Å². The molecule has 0 aromatic carbocycles. The second-order valence-corrected chi connectivity index (χ2v) is 3.57. The summed E-state index contributed by atoms with van der Waals surface area (Å²) < 4.78 is 0. The summed E-state index contributed by atoms with van der Waals surface area (Å²) in [5.41, 5.74) is 0. The van der Waals surface area contributed by atoms with Crippen LogP contribution in [-0.4, -0.2) is 45.8 Å². The number of rotatable bonds is 3. The number of unbranched alkanes of at least 4 members (excludes halogenated alkanes) is 1. The summed E-state index contributed by atoms with van der Waals surface area (Å²) in [6.07, 6.45) is 4.25. The maximum absolute atomic E-state index is 8.93. The van der Waals surface area contributed by atoms with Gasteiger partial charge in [0.1, 0.15) is 0 Å². The van der Waals surface area contributed by atoms with Crippen molar-refractivity contribution in [2.45, 2.75) is 50.7 Å². The van der Waals surface area contributed by atoms with E-state index in [-0.39, 0.29) is 13.2 Å². The predicted molar refractivity (Wildman–Crippen MR) is 53.9 cm³/mol. The van der Waals surface area contributed by atoms with Crippen molar-refractivity contribution >= 4 is 0 Å². The van der Waals surface area contributed by atoms with Gasteiger partial charge in [0.2, 0.25) is 0 Å². The predicted octanol–water partition coefficient (Wildman–Crippen LogP) is 0.0334. The van der Waals surface area contributed by atoms with Crippen molar-refractivity contribution in [3.05, 3.63) is 0 Å². The van der Waals surface area contributed by atoms with E-state index in [1.165, 1.54) is 0 Å². The van der Waals surface area contributed by atoms with Gasteiger partial charge in [0, 0.05) is 13.2 Å². The Bertz CT molecular complexity index is 105. The molecule has 4 nitrogen and oxygen atoms in total. The minimum atomic E-state index is -0.441. The largest absolute Gasteiger partial charge is 0.396 e. The van der Waals surface area contributed by atoms with E-state index in [9.17, 15) is 0 Å².